The van der Waals surface area contributed by atoms with E-state index in [1.165, 1.54) is 4.88 Å². The smallest absolute Gasteiger partial charge is 0.234 e. The van der Waals surface area contributed by atoms with Crippen molar-refractivity contribution in [3.8, 4) is 0 Å². The first kappa shape index (κ1) is 22.7. The van der Waals surface area contributed by atoms with Crippen LogP contribution in [0, 0.1) is 5.92 Å². The lowest BCUT2D eigenvalue weighted by atomic mass is 10.1. The molecular weight excluding hydrogens is 370 g/mol. The molecule has 0 radical (unpaired) electrons. The molecule has 0 bridgehead atoms. The lowest BCUT2D eigenvalue weighted by Crippen LogP contribution is -2.50. The Bertz CT molecular complexity index is 582. The highest BCUT2D eigenvalue weighted by Crippen LogP contribution is 2.14. The van der Waals surface area contributed by atoms with Crippen LogP contribution in [0.25, 0.3) is 0 Å². The number of aliphatic imine (C=N–C) groups is 1. The maximum absolute atomic E-state index is 11.9. The molecule has 2 rings (SSSR count). The zero-order valence-corrected chi connectivity index (χ0v) is 18.5. The lowest BCUT2D eigenvalue weighted by Gasteiger charge is -2.32. The lowest BCUT2D eigenvalue weighted by molar-refractivity contribution is -0.122. The number of hydrogen-bond acceptors (Lipinski definition) is 4. The van der Waals surface area contributed by atoms with Crippen LogP contribution in [0.2, 0.25) is 0 Å². The SMILES string of the molecule is CCCNC(=O)CN1CCC(NC(=NCC(C)Cc2cccs2)NCC)CC1. The Labute approximate surface area is 174 Å². The van der Waals surface area contributed by atoms with Gasteiger partial charge in [0.1, 0.15) is 0 Å². The molecule has 1 aromatic heterocycles. The van der Waals surface area contributed by atoms with Crippen molar-refractivity contribution in [3.05, 3.63) is 22.4 Å². The molecule has 1 aliphatic heterocycles. The van der Waals surface area contributed by atoms with Gasteiger partial charge in [0.15, 0.2) is 5.96 Å². The van der Waals surface area contributed by atoms with E-state index in [4.69, 9.17) is 4.99 Å². The zero-order valence-electron chi connectivity index (χ0n) is 17.7. The van der Waals surface area contributed by atoms with Crippen LogP contribution in [0.4, 0.5) is 0 Å². The fraction of sp³-hybridized carbons (Fsp3) is 0.714. The van der Waals surface area contributed by atoms with Gasteiger partial charge in [-0.25, -0.2) is 0 Å². The molecular formula is C21H37N5OS. The first-order chi connectivity index (χ1) is 13.6. The van der Waals surface area contributed by atoms with Gasteiger partial charge in [-0.15, -0.1) is 11.3 Å². The predicted molar refractivity (Wildman–Crippen MR) is 119 cm³/mol. The Balaban J connectivity index is 1.73. The van der Waals surface area contributed by atoms with Gasteiger partial charge < -0.3 is 16.0 Å². The standard InChI is InChI=1S/C21H37N5OS/c1-4-10-23-20(27)16-26-11-8-18(9-12-26)25-21(22-5-2)24-15-17(3)14-19-7-6-13-28-19/h6-7,13,17-18H,4-5,8-12,14-16H2,1-3H3,(H,23,27)(H2,22,24,25). The Morgan fingerprint density at radius 1 is 1.32 bits per heavy atom. The molecule has 1 aliphatic rings. The number of carbonyl (C=O) groups excluding carboxylic acids is 1. The van der Waals surface area contributed by atoms with Crippen molar-refractivity contribution in [1.29, 1.82) is 0 Å². The number of piperidine rings is 1. The highest BCUT2D eigenvalue weighted by atomic mass is 32.1. The minimum atomic E-state index is 0.142. The molecule has 0 spiro atoms. The minimum absolute atomic E-state index is 0.142. The normalized spacial score (nSPS) is 17.3. The van der Waals surface area contributed by atoms with E-state index in [2.05, 4.69) is 59.1 Å². The summed E-state index contributed by atoms with van der Waals surface area (Å²) in [5.41, 5.74) is 0. The molecule has 1 unspecified atom stereocenters. The average Bonchev–Trinajstić information content (AvgIpc) is 3.19. The number of hydrogen-bond donors (Lipinski definition) is 3. The molecule has 6 nitrogen and oxygen atoms in total. The maximum atomic E-state index is 11.9. The molecule has 0 saturated carbocycles. The first-order valence-electron chi connectivity index (χ1n) is 10.7. The number of nitrogens with zero attached hydrogens (tertiary/aromatic N) is 2. The van der Waals surface area contributed by atoms with Crippen molar-refractivity contribution in [2.75, 3.05) is 39.3 Å². The van der Waals surface area contributed by atoms with Gasteiger partial charge in [-0.05, 0) is 50.0 Å². The molecule has 1 saturated heterocycles. The second-order valence-electron chi connectivity index (χ2n) is 7.65. The van der Waals surface area contributed by atoms with Crippen LogP contribution in [0.1, 0.15) is 44.9 Å². The van der Waals surface area contributed by atoms with E-state index in [-0.39, 0.29) is 5.91 Å². The van der Waals surface area contributed by atoms with Crippen LogP contribution in [0.3, 0.4) is 0 Å². The van der Waals surface area contributed by atoms with Crippen molar-refractivity contribution >= 4 is 23.2 Å². The van der Waals surface area contributed by atoms with E-state index < -0.39 is 0 Å². The van der Waals surface area contributed by atoms with Crippen LogP contribution in [0.15, 0.2) is 22.5 Å². The van der Waals surface area contributed by atoms with E-state index in [0.717, 1.165) is 64.4 Å². The number of guanidine groups is 1. The van der Waals surface area contributed by atoms with Crippen molar-refractivity contribution in [2.45, 2.75) is 52.5 Å². The number of amides is 1. The summed E-state index contributed by atoms with van der Waals surface area (Å²) < 4.78 is 0. The summed E-state index contributed by atoms with van der Waals surface area (Å²) in [5, 5.41) is 12.1. The van der Waals surface area contributed by atoms with Crippen LogP contribution in [-0.4, -0.2) is 62.1 Å². The summed E-state index contributed by atoms with van der Waals surface area (Å²) in [6, 6.07) is 4.73. The largest absolute Gasteiger partial charge is 0.357 e. The third-order valence-electron chi connectivity index (χ3n) is 4.90. The van der Waals surface area contributed by atoms with Gasteiger partial charge in [-0.2, -0.15) is 0 Å². The molecule has 158 valence electrons. The number of carbonyl (C=O) groups is 1. The van der Waals surface area contributed by atoms with Crippen molar-refractivity contribution in [3.63, 3.8) is 0 Å². The van der Waals surface area contributed by atoms with E-state index in [1.54, 1.807) is 0 Å². The van der Waals surface area contributed by atoms with E-state index in [9.17, 15) is 4.79 Å². The molecule has 1 atom stereocenters. The zero-order chi connectivity index (χ0) is 20.2. The second-order valence-corrected chi connectivity index (χ2v) is 8.69. The maximum Gasteiger partial charge on any atom is 0.234 e. The number of nitrogens with one attached hydrogen (secondary N) is 3. The molecule has 28 heavy (non-hydrogen) atoms. The third kappa shape index (κ3) is 8.61. The van der Waals surface area contributed by atoms with E-state index in [1.807, 2.05) is 11.3 Å². The van der Waals surface area contributed by atoms with Crippen molar-refractivity contribution in [1.82, 2.24) is 20.9 Å². The molecule has 2 heterocycles. The van der Waals surface area contributed by atoms with Crippen molar-refractivity contribution in [2.24, 2.45) is 10.9 Å². The monoisotopic (exact) mass is 407 g/mol. The van der Waals surface area contributed by atoms with Crippen molar-refractivity contribution < 1.29 is 4.79 Å². The summed E-state index contributed by atoms with van der Waals surface area (Å²) in [6.45, 7) is 11.3. The molecule has 3 N–H and O–H groups in total. The third-order valence-corrected chi connectivity index (χ3v) is 5.80. The van der Waals surface area contributed by atoms with Gasteiger partial charge in [0.05, 0.1) is 6.54 Å². The Kier molecular flexibility index (Phi) is 10.4. The van der Waals surface area contributed by atoms with Crippen LogP contribution < -0.4 is 16.0 Å². The summed E-state index contributed by atoms with van der Waals surface area (Å²) >= 11 is 1.82. The van der Waals surface area contributed by atoms with Gasteiger partial charge in [0, 0.05) is 43.6 Å². The molecule has 0 aromatic carbocycles. The van der Waals surface area contributed by atoms with E-state index >= 15 is 0 Å². The van der Waals surface area contributed by atoms with Gasteiger partial charge in [-0.1, -0.05) is 19.9 Å². The van der Waals surface area contributed by atoms with Gasteiger partial charge in [-0.3, -0.25) is 14.7 Å². The first-order valence-corrected chi connectivity index (χ1v) is 11.5. The van der Waals surface area contributed by atoms with Crippen LogP contribution >= 0.6 is 11.3 Å². The second kappa shape index (κ2) is 12.8. The van der Waals surface area contributed by atoms with E-state index in [0.29, 0.717) is 18.5 Å². The topological polar surface area (TPSA) is 68.8 Å². The number of rotatable bonds is 10. The summed E-state index contributed by atoms with van der Waals surface area (Å²) in [7, 11) is 0. The summed E-state index contributed by atoms with van der Waals surface area (Å²) in [6.07, 6.45) is 4.14. The highest BCUT2D eigenvalue weighted by molar-refractivity contribution is 7.09. The fourth-order valence-electron chi connectivity index (χ4n) is 3.36. The molecule has 1 fully saturated rings. The van der Waals surface area contributed by atoms with Gasteiger partial charge in [0.25, 0.3) is 0 Å². The number of likely N-dealkylation sites (tertiary alicyclic amines) is 1. The Morgan fingerprint density at radius 2 is 2.11 bits per heavy atom. The fourth-order valence-corrected chi connectivity index (χ4v) is 4.23. The predicted octanol–water partition coefficient (Wildman–Crippen LogP) is 2.47. The molecule has 7 heteroatoms. The minimum Gasteiger partial charge on any atom is -0.357 e. The number of thiophene rings is 1. The average molecular weight is 408 g/mol. The Morgan fingerprint density at radius 3 is 2.75 bits per heavy atom. The summed E-state index contributed by atoms with van der Waals surface area (Å²) in [5.74, 6) is 1.58. The summed E-state index contributed by atoms with van der Waals surface area (Å²) in [4.78, 5) is 20.4. The van der Waals surface area contributed by atoms with Gasteiger partial charge >= 0.3 is 0 Å². The highest BCUT2D eigenvalue weighted by Gasteiger charge is 2.21. The van der Waals surface area contributed by atoms with Crippen LogP contribution in [0.5, 0.6) is 0 Å². The molecule has 1 aromatic rings. The molecule has 1 amide bonds. The Hall–Kier alpha value is -1.60. The molecule has 0 aliphatic carbocycles. The van der Waals surface area contributed by atoms with Crippen LogP contribution in [-0.2, 0) is 11.2 Å². The quantitative estimate of drug-likeness (QED) is 0.412. The van der Waals surface area contributed by atoms with Gasteiger partial charge in [0.2, 0.25) is 5.91 Å².